The lowest BCUT2D eigenvalue weighted by molar-refractivity contribution is 0.0606. The number of ether oxygens (including phenoxy) is 1. The number of benzene rings is 1. The summed E-state index contributed by atoms with van der Waals surface area (Å²) in [6, 6.07) is 10.0. The zero-order valence-electron chi connectivity index (χ0n) is 8.84. The first-order valence-electron chi connectivity index (χ1n) is 4.86. The van der Waals surface area contributed by atoms with Gasteiger partial charge in [-0.15, -0.1) is 11.3 Å². The average Bonchev–Trinajstić information content (AvgIpc) is 2.78. The van der Waals surface area contributed by atoms with Crippen LogP contribution >= 0.6 is 11.3 Å². The minimum absolute atomic E-state index is 0.322. The van der Waals surface area contributed by atoms with Crippen molar-refractivity contribution in [1.82, 2.24) is 4.98 Å². The van der Waals surface area contributed by atoms with Crippen LogP contribution in [-0.4, -0.2) is 18.1 Å². The fraction of sp³-hybridized carbons (Fsp3) is 0.167. The molecular weight excluding hydrogens is 222 g/mol. The molecule has 0 saturated heterocycles. The molecule has 0 spiro atoms. The van der Waals surface area contributed by atoms with Gasteiger partial charge in [0.25, 0.3) is 0 Å². The topological polar surface area (TPSA) is 39.2 Å². The Morgan fingerprint density at radius 1 is 1.38 bits per heavy atom. The van der Waals surface area contributed by atoms with Crippen LogP contribution in [0.4, 0.5) is 0 Å². The summed E-state index contributed by atoms with van der Waals surface area (Å²) in [6.07, 6.45) is 2.32. The van der Waals surface area contributed by atoms with Crippen LogP contribution in [-0.2, 0) is 11.2 Å². The van der Waals surface area contributed by atoms with Crippen molar-refractivity contribution in [3.63, 3.8) is 0 Å². The van der Waals surface area contributed by atoms with Gasteiger partial charge in [-0.1, -0.05) is 30.3 Å². The molecular formula is C12H11NO2S. The molecule has 0 N–H and O–H groups in total. The van der Waals surface area contributed by atoms with Gasteiger partial charge >= 0.3 is 5.97 Å². The van der Waals surface area contributed by atoms with Crippen LogP contribution in [0, 0.1) is 0 Å². The smallest absolute Gasteiger partial charge is 0.349 e. The second kappa shape index (κ2) is 4.90. The third-order valence-electron chi connectivity index (χ3n) is 2.14. The maximum absolute atomic E-state index is 11.2. The molecule has 16 heavy (non-hydrogen) atoms. The molecule has 0 atom stereocenters. The van der Waals surface area contributed by atoms with Gasteiger partial charge in [0.2, 0.25) is 0 Å². The number of thiazole rings is 1. The van der Waals surface area contributed by atoms with E-state index >= 15 is 0 Å². The highest BCUT2D eigenvalue weighted by Gasteiger charge is 2.10. The van der Waals surface area contributed by atoms with Crippen molar-refractivity contribution in [3.05, 3.63) is 52.0 Å². The Morgan fingerprint density at radius 2 is 2.12 bits per heavy atom. The summed E-state index contributed by atoms with van der Waals surface area (Å²) in [4.78, 5) is 16.0. The molecule has 82 valence electrons. The molecule has 0 unspecified atom stereocenters. The van der Waals surface area contributed by atoms with Crippen molar-refractivity contribution < 1.29 is 9.53 Å². The maximum Gasteiger partial charge on any atom is 0.349 e. The van der Waals surface area contributed by atoms with Gasteiger partial charge in [-0.05, 0) is 5.56 Å². The van der Waals surface area contributed by atoms with Crippen molar-refractivity contribution in [2.45, 2.75) is 6.42 Å². The van der Waals surface area contributed by atoms with Crippen LogP contribution in [0.15, 0.2) is 36.5 Å². The van der Waals surface area contributed by atoms with E-state index in [1.165, 1.54) is 24.0 Å². The standard InChI is InChI=1S/C12H11NO2S/c1-15-12(14)10-8-13-11(16-10)7-9-5-3-2-4-6-9/h2-6,8H,7H2,1H3. The predicted octanol–water partition coefficient (Wildman–Crippen LogP) is 2.52. The molecule has 0 fully saturated rings. The molecule has 0 saturated carbocycles. The molecule has 1 aromatic carbocycles. The number of rotatable bonds is 3. The minimum atomic E-state index is -0.322. The van der Waals surface area contributed by atoms with Gasteiger partial charge in [-0.3, -0.25) is 0 Å². The second-order valence-corrected chi connectivity index (χ2v) is 4.39. The van der Waals surface area contributed by atoms with Crippen molar-refractivity contribution in [3.8, 4) is 0 Å². The van der Waals surface area contributed by atoms with Crippen LogP contribution in [0.2, 0.25) is 0 Å². The summed E-state index contributed by atoms with van der Waals surface area (Å²) < 4.78 is 4.63. The van der Waals surface area contributed by atoms with Gasteiger partial charge in [0.15, 0.2) is 0 Å². The molecule has 1 heterocycles. The number of aromatic nitrogens is 1. The fourth-order valence-electron chi connectivity index (χ4n) is 1.36. The van der Waals surface area contributed by atoms with Crippen molar-refractivity contribution in [1.29, 1.82) is 0 Å². The van der Waals surface area contributed by atoms with Gasteiger partial charge in [0, 0.05) is 6.42 Å². The lowest BCUT2D eigenvalue weighted by atomic mass is 10.2. The molecule has 1 aromatic heterocycles. The Hall–Kier alpha value is -1.68. The molecule has 0 radical (unpaired) electrons. The maximum atomic E-state index is 11.2. The van der Waals surface area contributed by atoms with Crippen LogP contribution in [0.5, 0.6) is 0 Å². The first kappa shape index (κ1) is 10.8. The quantitative estimate of drug-likeness (QED) is 0.765. The third-order valence-corrected chi connectivity index (χ3v) is 3.12. The van der Waals surface area contributed by atoms with E-state index in [0.29, 0.717) is 4.88 Å². The zero-order chi connectivity index (χ0) is 11.4. The lowest BCUT2D eigenvalue weighted by Crippen LogP contribution is -1.96. The molecule has 4 heteroatoms. The summed E-state index contributed by atoms with van der Waals surface area (Å²) in [7, 11) is 1.37. The largest absolute Gasteiger partial charge is 0.465 e. The van der Waals surface area contributed by atoms with E-state index in [-0.39, 0.29) is 5.97 Å². The first-order valence-corrected chi connectivity index (χ1v) is 5.68. The van der Waals surface area contributed by atoms with E-state index in [1.54, 1.807) is 6.20 Å². The molecule has 0 amide bonds. The van der Waals surface area contributed by atoms with Crippen molar-refractivity contribution >= 4 is 17.3 Å². The Morgan fingerprint density at radius 3 is 2.81 bits per heavy atom. The van der Waals surface area contributed by atoms with Gasteiger partial charge in [0.05, 0.1) is 18.3 Å². The number of esters is 1. The number of carbonyl (C=O) groups excluding carboxylic acids is 1. The zero-order valence-corrected chi connectivity index (χ0v) is 9.66. The summed E-state index contributed by atoms with van der Waals surface area (Å²) in [5, 5.41) is 0.923. The van der Waals surface area contributed by atoms with E-state index in [2.05, 4.69) is 9.72 Å². The van der Waals surface area contributed by atoms with Crippen LogP contribution in [0.25, 0.3) is 0 Å². The number of hydrogen-bond acceptors (Lipinski definition) is 4. The second-order valence-electron chi connectivity index (χ2n) is 3.27. The number of hydrogen-bond donors (Lipinski definition) is 0. The van der Waals surface area contributed by atoms with Crippen LogP contribution < -0.4 is 0 Å². The Balaban J connectivity index is 2.12. The Kier molecular flexibility index (Phi) is 3.31. The monoisotopic (exact) mass is 233 g/mol. The van der Waals surface area contributed by atoms with Gasteiger partial charge in [-0.2, -0.15) is 0 Å². The van der Waals surface area contributed by atoms with Crippen LogP contribution in [0.3, 0.4) is 0 Å². The van der Waals surface area contributed by atoms with Gasteiger partial charge in [0.1, 0.15) is 4.88 Å². The summed E-state index contributed by atoms with van der Waals surface area (Å²) in [5.41, 5.74) is 1.19. The summed E-state index contributed by atoms with van der Waals surface area (Å²) in [5.74, 6) is -0.322. The Labute approximate surface area is 97.7 Å². The average molecular weight is 233 g/mol. The SMILES string of the molecule is COC(=O)c1cnc(Cc2ccccc2)s1. The normalized spacial score (nSPS) is 10.1. The number of carbonyl (C=O) groups is 1. The summed E-state index contributed by atoms with van der Waals surface area (Å²) in [6.45, 7) is 0. The van der Waals surface area contributed by atoms with E-state index in [9.17, 15) is 4.79 Å². The molecule has 0 aliphatic rings. The molecule has 2 rings (SSSR count). The molecule has 0 bridgehead atoms. The first-order chi connectivity index (χ1) is 7.79. The van der Waals surface area contributed by atoms with E-state index in [1.807, 2.05) is 30.3 Å². The van der Waals surface area contributed by atoms with Crippen LogP contribution in [0.1, 0.15) is 20.2 Å². The Bertz CT molecular complexity index is 479. The highest BCUT2D eigenvalue weighted by molar-refractivity contribution is 7.13. The summed E-state index contributed by atoms with van der Waals surface area (Å²) >= 11 is 1.37. The van der Waals surface area contributed by atoms with E-state index in [0.717, 1.165) is 11.4 Å². The van der Waals surface area contributed by atoms with Gasteiger partial charge in [-0.25, -0.2) is 9.78 Å². The lowest BCUT2D eigenvalue weighted by Gasteiger charge is -1.95. The van der Waals surface area contributed by atoms with E-state index in [4.69, 9.17) is 0 Å². The molecule has 2 aromatic rings. The van der Waals surface area contributed by atoms with Crippen molar-refractivity contribution in [2.24, 2.45) is 0 Å². The minimum Gasteiger partial charge on any atom is -0.465 e. The molecule has 0 aliphatic heterocycles. The molecule has 3 nitrogen and oxygen atoms in total. The number of methoxy groups -OCH3 is 1. The predicted molar refractivity (Wildman–Crippen MR) is 62.7 cm³/mol. The van der Waals surface area contributed by atoms with E-state index < -0.39 is 0 Å². The number of nitrogens with zero attached hydrogens (tertiary/aromatic N) is 1. The highest BCUT2D eigenvalue weighted by atomic mass is 32.1. The fourth-order valence-corrected chi connectivity index (χ4v) is 2.23. The van der Waals surface area contributed by atoms with Gasteiger partial charge < -0.3 is 4.74 Å². The van der Waals surface area contributed by atoms with Crippen molar-refractivity contribution in [2.75, 3.05) is 7.11 Å². The highest BCUT2D eigenvalue weighted by Crippen LogP contribution is 2.17. The molecule has 0 aliphatic carbocycles. The third kappa shape index (κ3) is 2.46.